The lowest BCUT2D eigenvalue weighted by atomic mass is 10.0. The Morgan fingerprint density at radius 1 is 1.13 bits per heavy atom. The minimum absolute atomic E-state index is 0.148. The molecule has 1 fully saturated rings. The summed E-state index contributed by atoms with van der Waals surface area (Å²) in [5.74, 6) is -0.467. The molecule has 1 aliphatic rings. The fourth-order valence-corrected chi connectivity index (χ4v) is 3.71. The van der Waals surface area contributed by atoms with E-state index < -0.39 is 23.8 Å². The first-order valence-electron chi connectivity index (χ1n) is 9.87. The van der Waals surface area contributed by atoms with E-state index in [0.29, 0.717) is 17.0 Å². The van der Waals surface area contributed by atoms with Crippen LogP contribution >= 0.6 is 0 Å². The van der Waals surface area contributed by atoms with Gasteiger partial charge in [0.25, 0.3) is 6.43 Å². The monoisotopic (exact) mass is 416 g/mol. The number of fused-ring (bicyclic) bond motifs is 1. The van der Waals surface area contributed by atoms with E-state index in [-0.39, 0.29) is 5.56 Å². The van der Waals surface area contributed by atoms with Gasteiger partial charge in [-0.3, -0.25) is 4.98 Å². The fraction of sp³-hybridized carbons (Fsp3) is 0.381. The van der Waals surface area contributed by atoms with Gasteiger partial charge in [-0.25, -0.2) is 13.2 Å². The van der Waals surface area contributed by atoms with Gasteiger partial charge in [0, 0.05) is 37.1 Å². The third kappa shape index (κ3) is 3.89. The maximum atomic E-state index is 14.6. The number of nitrogens with zero attached hydrogens (tertiary/aromatic N) is 4. The molecule has 1 aliphatic heterocycles. The molecule has 0 radical (unpaired) electrons. The topological polar surface area (TPSA) is 66.0 Å². The molecule has 0 aliphatic carbocycles. The molecule has 3 aromatic rings. The zero-order chi connectivity index (χ0) is 21.3. The van der Waals surface area contributed by atoms with Crippen LogP contribution in [-0.4, -0.2) is 41.4 Å². The van der Waals surface area contributed by atoms with Crippen molar-refractivity contribution < 1.29 is 13.2 Å². The zero-order valence-electron chi connectivity index (χ0n) is 16.8. The quantitative estimate of drug-likeness (QED) is 0.656. The Labute approximate surface area is 172 Å². The van der Waals surface area contributed by atoms with Gasteiger partial charge in [0.15, 0.2) is 5.82 Å². The van der Waals surface area contributed by atoms with Gasteiger partial charge >= 0.3 is 0 Å². The molecule has 0 bridgehead atoms. The summed E-state index contributed by atoms with van der Waals surface area (Å²) >= 11 is 0. The van der Waals surface area contributed by atoms with Crippen LogP contribution in [-0.2, 0) is 0 Å². The number of pyridine rings is 1. The molecule has 1 aromatic carbocycles. The highest BCUT2D eigenvalue weighted by atomic mass is 19.3. The number of anilines is 2. The van der Waals surface area contributed by atoms with Gasteiger partial charge in [-0.05, 0) is 19.9 Å². The summed E-state index contributed by atoms with van der Waals surface area (Å²) in [4.78, 5) is 6.81. The van der Waals surface area contributed by atoms with Crippen molar-refractivity contribution >= 4 is 22.4 Å². The van der Waals surface area contributed by atoms with Gasteiger partial charge in [0.05, 0.1) is 34.7 Å². The molecule has 2 aromatic heterocycles. The molecule has 6 nitrogen and oxygen atoms in total. The van der Waals surface area contributed by atoms with Crippen LogP contribution < -0.4 is 15.5 Å². The van der Waals surface area contributed by atoms with Crippen LogP contribution in [0.25, 0.3) is 10.9 Å². The molecule has 4 rings (SSSR count). The van der Waals surface area contributed by atoms with Crippen LogP contribution in [0.4, 0.5) is 24.7 Å². The van der Waals surface area contributed by atoms with E-state index in [1.165, 1.54) is 12.1 Å². The van der Waals surface area contributed by atoms with Crippen molar-refractivity contribution in [2.45, 2.75) is 26.3 Å². The molecular formula is C21H23F3N6. The molecule has 3 heterocycles. The van der Waals surface area contributed by atoms with E-state index in [9.17, 15) is 13.2 Å². The number of alkyl halides is 2. The predicted molar refractivity (Wildman–Crippen MR) is 111 cm³/mol. The van der Waals surface area contributed by atoms with E-state index in [0.717, 1.165) is 43.3 Å². The Balaban J connectivity index is 1.70. The second kappa shape index (κ2) is 8.43. The zero-order valence-corrected chi connectivity index (χ0v) is 16.8. The van der Waals surface area contributed by atoms with E-state index >= 15 is 0 Å². The number of rotatable bonds is 5. The largest absolute Gasteiger partial charge is 0.368 e. The van der Waals surface area contributed by atoms with Crippen LogP contribution in [0.5, 0.6) is 0 Å². The third-order valence-corrected chi connectivity index (χ3v) is 5.37. The van der Waals surface area contributed by atoms with Crippen LogP contribution in [0.2, 0.25) is 0 Å². The number of hydrogen-bond acceptors (Lipinski definition) is 6. The fourth-order valence-electron chi connectivity index (χ4n) is 3.71. The Kier molecular flexibility index (Phi) is 5.72. The first-order chi connectivity index (χ1) is 14.5. The average molecular weight is 416 g/mol. The molecule has 0 amide bonds. The maximum absolute atomic E-state index is 14.6. The Bertz CT molecular complexity index is 1050. The standard InChI is InChI=1S/C21H23F3N6/c1-12(15-4-3-5-16(18(15)22)20(23)24)27-21-17-10-14(30-8-6-25-7-9-30)11-26-19(17)13(2)28-29-21/h3-5,10-12,20,25H,6-9H2,1-2H3,(H,27,29)/t12-/m1/s1. The summed E-state index contributed by atoms with van der Waals surface area (Å²) in [6.45, 7) is 7.06. The molecule has 0 spiro atoms. The molecular weight excluding hydrogens is 393 g/mol. The number of benzene rings is 1. The van der Waals surface area contributed by atoms with Crippen LogP contribution in [0.1, 0.15) is 36.2 Å². The highest BCUT2D eigenvalue weighted by Crippen LogP contribution is 2.31. The molecule has 30 heavy (non-hydrogen) atoms. The van der Waals surface area contributed by atoms with Crippen LogP contribution in [0.3, 0.4) is 0 Å². The van der Waals surface area contributed by atoms with Gasteiger partial charge in [0.1, 0.15) is 5.82 Å². The van der Waals surface area contributed by atoms with Gasteiger partial charge in [-0.15, -0.1) is 5.10 Å². The van der Waals surface area contributed by atoms with Crippen molar-refractivity contribution in [2.24, 2.45) is 0 Å². The smallest absolute Gasteiger partial charge is 0.266 e. The van der Waals surface area contributed by atoms with Crippen molar-refractivity contribution in [3.05, 3.63) is 53.1 Å². The first kappa shape index (κ1) is 20.3. The molecule has 2 N–H and O–H groups in total. The van der Waals surface area contributed by atoms with Crippen molar-refractivity contribution in [3.8, 4) is 0 Å². The highest BCUT2D eigenvalue weighted by Gasteiger charge is 2.21. The summed E-state index contributed by atoms with van der Waals surface area (Å²) in [7, 11) is 0. The summed E-state index contributed by atoms with van der Waals surface area (Å²) in [6, 6.07) is 5.43. The molecule has 0 saturated carbocycles. The Hall–Kier alpha value is -2.94. The van der Waals surface area contributed by atoms with Crippen molar-refractivity contribution in [2.75, 3.05) is 36.4 Å². The molecule has 0 unspecified atom stereocenters. The summed E-state index contributed by atoms with van der Waals surface area (Å²) < 4.78 is 40.7. The molecule has 158 valence electrons. The van der Waals surface area contributed by atoms with Crippen molar-refractivity contribution in [3.63, 3.8) is 0 Å². The summed E-state index contributed by atoms with van der Waals surface area (Å²) in [5.41, 5.74) is 1.89. The second-order valence-electron chi connectivity index (χ2n) is 7.38. The van der Waals surface area contributed by atoms with E-state index in [2.05, 4.69) is 30.7 Å². The van der Waals surface area contributed by atoms with Gasteiger partial charge in [0.2, 0.25) is 0 Å². The van der Waals surface area contributed by atoms with Gasteiger partial charge < -0.3 is 15.5 Å². The normalized spacial score (nSPS) is 15.6. The van der Waals surface area contributed by atoms with Crippen LogP contribution in [0, 0.1) is 12.7 Å². The predicted octanol–water partition coefficient (Wildman–Crippen LogP) is 3.99. The number of hydrogen-bond donors (Lipinski definition) is 2. The Morgan fingerprint density at radius 2 is 1.87 bits per heavy atom. The number of halogens is 3. The van der Waals surface area contributed by atoms with Crippen LogP contribution in [0.15, 0.2) is 30.5 Å². The maximum Gasteiger partial charge on any atom is 0.266 e. The lowest BCUT2D eigenvalue weighted by Crippen LogP contribution is -2.43. The average Bonchev–Trinajstić information content (AvgIpc) is 2.76. The third-order valence-electron chi connectivity index (χ3n) is 5.37. The van der Waals surface area contributed by atoms with E-state index in [1.54, 1.807) is 6.92 Å². The summed E-state index contributed by atoms with van der Waals surface area (Å²) in [6.07, 6.45) is -1.05. The van der Waals surface area contributed by atoms with Crippen molar-refractivity contribution in [1.82, 2.24) is 20.5 Å². The van der Waals surface area contributed by atoms with Crippen molar-refractivity contribution in [1.29, 1.82) is 0 Å². The van der Waals surface area contributed by atoms with Gasteiger partial charge in [-0.2, -0.15) is 5.10 Å². The summed E-state index contributed by atoms with van der Waals surface area (Å²) in [5, 5.41) is 15.6. The number of piperazine rings is 1. The molecule has 1 atom stereocenters. The Morgan fingerprint density at radius 3 is 2.60 bits per heavy atom. The molecule has 1 saturated heterocycles. The van der Waals surface area contributed by atoms with Gasteiger partial charge in [-0.1, -0.05) is 18.2 Å². The first-order valence-corrected chi connectivity index (χ1v) is 9.87. The minimum Gasteiger partial charge on any atom is -0.368 e. The molecule has 9 heteroatoms. The number of aromatic nitrogens is 3. The SMILES string of the molecule is Cc1nnc(N[C@H](C)c2cccc(C(F)F)c2F)c2cc(N3CCNCC3)cnc12. The van der Waals surface area contributed by atoms with E-state index in [4.69, 9.17) is 0 Å². The van der Waals surface area contributed by atoms with E-state index in [1.807, 2.05) is 19.2 Å². The highest BCUT2D eigenvalue weighted by molar-refractivity contribution is 5.92. The number of aryl methyl sites for hydroxylation is 1. The second-order valence-corrected chi connectivity index (χ2v) is 7.38. The lowest BCUT2D eigenvalue weighted by molar-refractivity contribution is 0.146. The number of nitrogens with one attached hydrogen (secondary N) is 2. The lowest BCUT2D eigenvalue weighted by Gasteiger charge is -2.29. The minimum atomic E-state index is -2.87.